The first-order valence-electron chi connectivity index (χ1n) is 5.26. The van der Waals surface area contributed by atoms with E-state index < -0.39 is 0 Å². The molecule has 0 spiro atoms. The monoisotopic (exact) mass is 199 g/mol. The lowest BCUT2D eigenvalue weighted by Gasteiger charge is -2.18. The Labute approximate surface area is 89.3 Å². The molecular formula is C13H13NO. The van der Waals surface area contributed by atoms with E-state index in [1.54, 1.807) is 0 Å². The molecule has 15 heavy (non-hydrogen) atoms. The van der Waals surface area contributed by atoms with Crippen LogP contribution in [0.1, 0.15) is 6.42 Å². The maximum absolute atomic E-state index is 5.45. The number of fused-ring (bicyclic) bond motifs is 2. The molecule has 0 aromatic carbocycles. The minimum atomic E-state index is 0.211. The van der Waals surface area contributed by atoms with Crippen LogP contribution in [0.3, 0.4) is 0 Å². The van der Waals surface area contributed by atoms with Gasteiger partial charge in [-0.25, -0.2) is 0 Å². The minimum Gasteiger partial charge on any atom is -0.296 e. The highest BCUT2D eigenvalue weighted by Crippen LogP contribution is 2.29. The lowest BCUT2D eigenvalue weighted by atomic mass is 9.89. The fourth-order valence-corrected chi connectivity index (χ4v) is 2.18. The predicted molar refractivity (Wildman–Crippen MR) is 60.0 cm³/mol. The molecule has 3 aliphatic rings. The predicted octanol–water partition coefficient (Wildman–Crippen LogP) is 2.20. The van der Waals surface area contributed by atoms with Crippen LogP contribution in [-0.4, -0.2) is 12.6 Å². The quantitative estimate of drug-likeness (QED) is 0.645. The van der Waals surface area contributed by atoms with Crippen molar-refractivity contribution in [3.8, 4) is 0 Å². The first kappa shape index (κ1) is 8.89. The molecule has 1 unspecified atom stereocenters. The lowest BCUT2D eigenvalue weighted by Crippen LogP contribution is -2.28. The minimum absolute atomic E-state index is 0.211. The number of rotatable bonds is 0. The van der Waals surface area contributed by atoms with Crippen molar-refractivity contribution in [2.75, 3.05) is 6.61 Å². The topological polar surface area (TPSA) is 21.3 Å². The van der Waals surface area contributed by atoms with Crippen LogP contribution in [-0.2, 0) is 4.84 Å². The molecule has 1 atom stereocenters. The Hall–Kier alpha value is -1.38. The Morgan fingerprint density at radius 3 is 3.27 bits per heavy atom. The smallest absolute Gasteiger partial charge is 0.0936 e. The van der Waals surface area contributed by atoms with Gasteiger partial charge in [-0.05, 0) is 23.1 Å². The second-order valence-corrected chi connectivity index (χ2v) is 3.89. The molecule has 0 saturated heterocycles. The summed E-state index contributed by atoms with van der Waals surface area (Å²) in [5.74, 6) is 0. The first-order chi connectivity index (χ1) is 7.45. The van der Waals surface area contributed by atoms with Gasteiger partial charge in [0.25, 0.3) is 0 Å². The maximum atomic E-state index is 5.45. The average Bonchev–Trinajstić information content (AvgIpc) is 2.48. The molecule has 3 rings (SSSR count). The second kappa shape index (κ2) is 3.65. The molecule has 0 radical (unpaired) electrons. The van der Waals surface area contributed by atoms with E-state index in [0.29, 0.717) is 6.61 Å². The van der Waals surface area contributed by atoms with Crippen LogP contribution in [0.2, 0.25) is 0 Å². The van der Waals surface area contributed by atoms with Crippen LogP contribution in [0, 0.1) is 0 Å². The van der Waals surface area contributed by atoms with E-state index in [1.807, 2.05) is 0 Å². The van der Waals surface area contributed by atoms with Crippen molar-refractivity contribution < 1.29 is 4.84 Å². The third-order valence-electron chi connectivity index (χ3n) is 2.96. The zero-order valence-electron chi connectivity index (χ0n) is 8.44. The van der Waals surface area contributed by atoms with E-state index in [9.17, 15) is 0 Å². The molecule has 1 aliphatic heterocycles. The summed E-state index contributed by atoms with van der Waals surface area (Å²) in [7, 11) is 0. The Morgan fingerprint density at radius 2 is 2.27 bits per heavy atom. The fourth-order valence-electron chi connectivity index (χ4n) is 2.18. The molecule has 76 valence electrons. The van der Waals surface area contributed by atoms with Gasteiger partial charge in [0.05, 0.1) is 12.6 Å². The average molecular weight is 199 g/mol. The molecule has 1 N–H and O–H groups in total. The third kappa shape index (κ3) is 1.52. The summed E-state index contributed by atoms with van der Waals surface area (Å²) >= 11 is 0. The van der Waals surface area contributed by atoms with Crippen molar-refractivity contribution in [2.24, 2.45) is 0 Å². The summed E-state index contributed by atoms with van der Waals surface area (Å²) < 4.78 is 0. The number of hydrogen-bond donors (Lipinski definition) is 1. The normalized spacial score (nSPS) is 28.3. The number of allylic oxidation sites excluding steroid dienone is 5. The summed E-state index contributed by atoms with van der Waals surface area (Å²) in [5, 5.41) is 0. The van der Waals surface area contributed by atoms with Gasteiger partial charge in [0.1, 0.15) is 0 Å². The Bertz CT molecular complexity index is 424. The van der Waals surface area contributed by atoms with Crippen molar-refractivity contribution in [3.63, 3.8) is 0 Å². The van der Waals surface area contributed by atoms with Crippen LogP contribution in [0.4, 0.5) is 0 Å². The highest BCUT2D eigenvalue weighted by molar-refractivity contribution is 5.51. The van der Waals surface area contributed by atoms with Gasteiger partial charge < -0.3 is 0 Å². The van der Waals surface area contributed by atoms with Gasteiger partial charge in [-0.3, -0.25) is 4.84 Å². The van der Waals surface area contributed by atoms with Crippen LogP contribution >= 0.6 is 0 Å². The van der Waals surface area contributed by atoms with Crippen molar-refractivity contribution in [1.29, 1.82) is 0 Å². The summed E-state index contributed by atoms with van der Waals surface area (Å²) in [6.45, 7) is 0.654. The Kier molecular flexibility index (Phi) is 2.16. The van der Waals surface area contributed by atoms with E-state index in [2.05, 4.69) is 48.0 Å². The molecule has 0 amide bonds. The zero-order chi connectivity index (χ0) is 10.1. The van der Waals surface area contributed by atoms with Crippen molar-refractivity contribution in [2.45, 2.75) is 12.5 Å². The van der Waals surface area contributed by atoms with Gasteiger partial charge in [0.2, 0.25) is 0 Å². The van der Waals surface area contributed by atoms with Crippen LogP contribution in [0.25, 0.3) is 0 Å². The standard InChI is InChI=1S/C13H13NO/c1-2-6-11-10(5-1)9-15-14-13-8-4-3-7-12(11)13/h1-5,7-8,13-14H,6,9H2. The van der Waals surface area contributed by atoms with Crippen molar-refractivity contribution >= 4 is 0 Å². The molecular weight excluding hydrogens is 186 g/mol. The molecule has 0 fully saturated rings. The highest BCUT2D eigenvalue weighted by Gasteiger charge is 2.22. The van der Waals surface area contributed by atoms with E-state index in [1.165, 1.54) is 16.7 Å². The van der Waals surface area contributed by atoms with Gasteiger partial charge in [0.15, 0.2) is 0 Å². The second-order valence-electron chi connectivity index (χ2n) is 3.89. The Balaban J connectivity index is 2.10. The van der Waals surface area contributed by atoms with E-state index in [0.717, 1.165) is 6.42 Å². The largest absolute Gasteiger partial charge is 0.296 e. The molecule has 0 saturated carbocycles. The summed E-state index contributed by atoms with van der Waals surface area (Å²) in [6.07, 6.45) is 15.9. The first-order valence-corrected chi connectivity index (χ1v) is 5.26. The number of hydrogen-bond acceptors (Lipinski definition) is 2. The van der Waals surface area contributed by atoms with Gasteiger partial charge in [-0.1, -0.05) is 42.5 Å². The molecule has 2 aliphatic carbocycles. The fraction of sp³-hybridized carbons (Fsp3) is 0.231. The highest BCUT2D eigenvalue weighted by atomic mass is 16.6. The Morgan fingerprint density at radius 1 is 1.27 bits per heavy atom. The number of nitrogens with one attached hydrogen (secondary N) is 1. The third-order valence-corrected chi connectivity index (χ3v) is 2.96. The van der Waals surface area contributed by atoms with Gasteiger partial charge in [-0.2, -0.15) is 5.48 Å². The maximum Gasteiger partial charge on any atom is 0.0936 e. The lowest BCUT2D eigenvalue weighted by molar-refractivity contribution is 0.0543. The van der Waals surface area contributed by atoms with Crippen LogP contribution in [0.15, 0.2) is 59.3 Å². The summed E-state index contributed by atoms with van der Waals surface area (Å²) in [5.41, 5.74) is 7.12. The van der Waals surface area contributed by atoms with Crippen molar-refractivity contribution in [1.82, 2.24) is 5.48 Å². The molecule has 0 aromatic rings. The van der Waals surface area contributed by atoms with Gasteiger partial charge >= 0.3 is 0 Å². The van der Waals surface area contributed by atoms with Crippen molar-refractivity contribution in [3.05, 3.63) is 59.3 Å². The van der Waals surface area contributed by atoms with Gasteiger partial charge in [-0.15, -0.1) is 0 Å². The van der Waals surface area contributed by atoms with E-state index in [4.69, 9.17) is 4.84 Å². The summed E-state index contributed by atoms with van der Waals surface area (Å²) in [6, 6.07) is 0.211. The van der Waals surface area contributed by atoms with Crippen LogP contribution in [0.5, 0.6) is 0 Å². The molecule has 2 nitrogen and oxygen atoms in total. The number of hydroxylamine groups is 1. The zero-order valence-corrected chi connectivity index (χ0v) is 8.44. The van der Waals surface area contributed by atoms with Crippen LogP contribution < -0.4 is 5.48 Å². The van der Waals surface area contributed by atoms with E-state index in [-0.39, 0.29) is 6.04 Å². The SMILES string of the molecule is C1=CCC2=C3C=CC=CC3NOCC2=C1. The molecule has 0 bridgehead atoms. The molecule has 0 aromatic heterocycles. The summed E-state index contributed by atoms with van der Waals surface area (Å²) in [4.78, 5) is 5.45. The molecule has 1 heterocycles. The molecule has 2 heteroatoms. The van der Waals surface area contributed by atoms with E-state index >= 15 is 0 Å². The van der Waals surface area contributed by atoms with Gasteiger partial charge in [0, 0.05) is 0 Å².